The van der Waals surface area contributed by atoms with Crippen molar-refractivity contribution in [2.75, 3.05) is 5.32 Å². The van der Waals surface area contributed by atoms with Gasteiger partial charge in [0.15, 0.2) is 0 Å². The average Bonchev–Trinajstić information content (AvgIpc) is 2.59. The van der Waals surface area contributed by atoms with E-state index in [9.17, 15) is 0 Å². The summed E-state index contributed by atoms with van der Waals surface area (Å²) in [6, 6.07) is 8.81. The first-order valence-corrected chi connectivity index (χ1v) is 8.58. The fraction of sp³-hybridized carbons (Fsp3) is 0.667. The molecule has 2 heteroatoms. The summed E-state index contributed by atoms with van der Waals surface area (Å²) in [5.74, 6) is 0.912. The number of hydrogen-bond donors (Lipinski definition) is 1. The minimum Gasteiger partial charge on any atom is -0.382 e. The van der Waals surface area contributed by atoms with Crippen molar-refractivity contribution in [3.8, 4) is 0 Å². The lowest BCUT2D eigenvalue weighted by Gasteiger charge is -2.46. The monoisotopic (exact) mass is 291 g/mol. The molecule has 0 amide bonds. The van der Waals surface area contributed by atoms with Gasteiger partial charge in [-0.15, -0.1) is 0 Å². The molecule has 0 aliphatic heterocycles. The molecule has 0 saturated heterocycles. The molecule has 2 aliphatic carbocycles. The highest BCUT2D eigenvalue weighted by Gasteiger charge is 2.43. The predicted octanol–water partition coefficient (Wildman–Crippen LogP) is 5.89. The van der Waals surface area contributed by atoms with Crippen molar-refractivity contribution in [3.63, 3.8) is 0 Å². The van der Waals surface area contributed by atoms with Gasteiger partial charge in [0.05, 0.1) is 0 Å². The molecule has 0 heterocycles. The first kappa shape index (κ1) is 14.3. The molecule has 20 heavy (non-hydrogen) atoms. The van der Waals surface area contributed by atoms with Crippen LogP contribution in [0.2, 0.25) is 5.02 Å². The van der Waals surface area contributed by atoms with Crippen molar-refractivity contribution in [3.05, 3.63) is 29.3 Å². The summed E-state index contributed by atoms with van der Waals surface area (Å²) in [4.78, 5) is 0. The minimum atomic E-state index is 0.469. The third-order valence-electron chi connectivity index (χ3n) is 5.71. The lowest BCUT2D eigenvalue weighted by molar-refractivity contribution is 0.0927. The largest absolute Gasteiger partial charge is 0.382 e. The van der Waals surface area contributed by atoms with E-state index < -0.39 is 0 Å². The zero-order valence-corrected chi connectivity index (χ0v) is 13.3. The highest BCUT2D eigenvalue weighted by molar-refractivity contribution is 6.30. The number of nitrogens with one attached hydrogen (secondary N) is 1. The van der Waals surface area contributed by atoms with Gasteiger partial charge in [-0.2, -0.15) is 0 Å². The zero-order valence-electron chi connectivity index (χ0n) is 12.5. The lowest BCUT2D eigenvalue weighted by Crippen LogP contribution is -2.44. The van der Waals surface area contributed by atoms with Gasteiger partial charge >= 0.3 is 0 Å². The van der Waals surface area contributed by atoms with E-state index in [1.807, 2.05) is 12.1 Å². The van der Waals surface area contributed by atoms with E-state index in [0.29, 0.717) is 11.5 Å². The highest BCUT2D eigenvalue weighted by Crippen LogP contribution is 2.49. The second-order valence-electron chi connectivity index (χ2n) is 6.94. The zero-order chi connectivity index (χ0) is 14.0. The number of anilines is 1. The van der Waals surface area contributed by atoms with Crippen LogP contribution in [0.4, 0.5) is 5.69 Å². The summed E-state index contributed by atoms with van der Waals surface area (Å²) < 4.78 is 0. The summed E-state index contributed by atoms with van der Waals surface area (Å²) in [7, 11) is 0. The second kappa shape index (κ2) is 5.97. The summed E-state index contributed by atoms with van der Waals surface area (Å²) in [5, 5.41) is 4.64. The first-order valence-electron chi connectivity index (χ1n) is 8.20. The van der Waals surface area contributed by atoms with Crippen molar-refractivity contribution in [1.29, 1.82) is 0 Å². The smallest absolute Gasteiger partial charge is 0.0426 e. The van der Waals surface area contributed by atoms with Gasteiger partial charge in [0.2, 0.25) is 0 Å². The molecule has 1 aromatic carbocycles. The minimum absolute atomic E-state index is 0.469. The Balaban J connectivity index is 1.82. The van der Waals surface area contributed by atoms with Crippen molar-refractivity contribution in [1.82, 2.24) is 0 Å². The van der Waals surface area contributed by atoms with Crippen LogP contribution in [0.5, 0.6) is 0 Å². The Labute approximate surface area is 128 Å². The molecule has 2 saturated carbocycles. The van der Waals surface area contributed by atoms with Gasteiger partial charge in [-0.3, -0.25) is 0 Å². The number of benzene rings is 1. The summed E-state index contributed by atoms with van der Waals surface area (Å²) >= 11 is 6.13. The van der Waals surface area contributed by atoms with Crippen molar-refractivity contribution < 1.29 is 0 Å². The van der Waals surface area contributed by atoms with Gasteiger partial charge in [0, 0.05) is 16.8 Å². The van der Waals surface area contributed by atoms with Gasteiger partial charge in [-0.05, 0) is 55.2 Å². The highest BCUT2D eigenvalue weighted by atomic mass is 35.5. The number of fused-ring (bicyclic) bond motifs is 1. The quantitative estimate of drug-likeness (QED) is 0.716. The fourth-order valence-electron chi connectivity index (χ4n) is 4.45. The van der Waals surface area contributed by atoms with E-state index in [2.05, 4.69) is 24.4 Å². The molecule has 110 valence electrons. The van der Waals surface area contributed by atoms with Gasteiger partial charge in [0.1, 0.15) is 0 Å². The Morgan fingerprint density at radius 2 is 1.85 bits per heavy atom. The van der Waals surface area contributed by atoms with Gasteiger partial charge in [-0.25, -0.2) is 0 Å². The molecule has 1 N–H and O–H groups in total. The molecular weight excluding hydrogens is 266 g/mol. The van der Waals surface area contributed by atoms with E-state index in [1.54, 1.807) is 0 Å². The number of halogens is 1. The lowest BCUT2D eigenvalue weighted by atomic mass is 9.62. The Kier molecular flexibility index (Phi) is 4.26. The third kappa shape index (κ3) is 2.83. The van der Waals surface area contributed by atoms with Crippen LogP contribution in [0.1, 0.15) is 58.3 Å². The molecule has 3 rings (SSSR count). The van der Waals surface area contributed by atoms with Crippen LogP contribution in [0, 0.1) is 11.3 Å². The van der Waals surface area contributed by atoms with E-state index >= 15 is 0 Å². The van der Waals surface area contributed by atoms with Gasteiger partial charge in [0.25, 0.3) is 0 Å². The van der Waals surface area contributed by atoms with Crippen LogP contribution in [0.3, 0.4) is 0 Å². The molecule has 0 bridgehead atoms. The standard InChI is InChI=1S/C18H26ClN/c1-18-12-5-4-8-14(18)7-2-3-11-17(18)20-16-10-6-9-15(19)13-16/h6,9-10,13-14,17,20H,2-5,7-8,11-12H2,1H3. The molecule has 3 unspecified atom stereocenters. The number of hydrogen-bond acceptors (Lipinski definition) is 1. The molecular formula is C18H26ClN. The topological polar surface area (TPSA) is 12.0 Å². The maximum Gasteiger partial charge on any atom is 0.0426 e. The summed E-state index contributed by atoms with van der Waals surface area (Å²) in [6.07, 6.45) is 11.2. The normalized spacial score (nSPS) is 34.1. The number of rotatable bonds is 2. The Morgan fingerprint density at radius 3 is 2.65 bits per heavy atom. The van der Waals surface area contributed by atoms with E-state index in [1.165, 1.54) is 57.1 Å². The van der Waals surface area contributed by atoms with Crippen LogP contribution < -0.4 is 5.32 Å². The molecule has 1 aromatic rings. The van der Waals surface area contributed by atoms with Gasteiger partial charge in [-0.1, -0.05) is 50.3 Å². The molecule has 3 atom stereocenters. The molecule has 0 spiro atoms. The summed E-state index contributed by atoms with van der Waals surface area (Å²) in [5.41, 5.74) is 1.66. The van der Waals surface area contributed by atoms with Crippen LogP contribution in [0.15, 0.2) is 24.3 Å². The van der Waals surface area contributed by atoms with Crippen LogP contribution in [0.25, 0.3) is 0 Å². The maximum atomic E-state index is 6.13. The predicted molar refractivity (Wildman–Crippen MR) is 87.4 cm³/mol. The van der Waals surface area contributed by atoms with Gasteiger partial charge < -0.3 is 5.32 Å². The molecule has 0 aromatic heterocycles. The van der Waals surface area contributed by atoms with Crippen LogP contribution in [-0.4, -0.2) is 6.04 Å². The van der Waals surface area contributed by atoms with E-state index in [-0.39, 0.29) is 0 Å². The van der Waals surface area contributed by atoms with Crippen molar-refractivity contribution in [2.45, 2.75) is 64.3 Å². The Morgan fingerprint density at radius 1 is 1.10 bits per heavy atom. The third-order valence-corrected chi connectivity index (χ3v) is 5.94. The SMILES string of the molecule is CC12CCCCC1CCCCC2Nc1cccc(Cl)c1. The van der Waals surface area contributed by atoms with E-state index in [4.69, 9.17) is 11.6 Å². The second-order valence-corrected chi connectivity index (χ2v) is 7.38. The first-order chi connectivity index (χ1) is 9.68. The maximum absolute atomic E-state index is 6.13. The van der Waals surface area contributed by atoms with Crippen LogP contribution >= 0.6 is 11.6 Å². The van der Waals surface area contributed by atoms with Crippen LogP contribution in [-0.2, 0) is 0 Å². The Bertz CT molecular complexity index is 458. The fourth-order valence-corrected chi connectivity index (χ4v) is 4.64. The average molecular weight is 292 g/mol. The molecule has 0 radical (unpaired) electrons. The van der Waals surface area contributed by atoms with E-state index in [0.717, 1.165) is 10.9 Å². The molecule has 2 aliphatic rings. The molecule has 1 nitrogen and oxygen atoms in total. The molecule has 2 fully saturated rings. The van der Waals surface area contributed by atoms with Crippen molar-refractivity contribution >= 4 is 17.3 Å². The summed E-state index contributed by atoms with van der Waals surface area (Å²) in [6.45, 7) is 2.53. The van der Waals surface area contributed by atoms with Crippen molar-refractivity contribution in [2.24, 2.45) is 11.3 Å². The Hall–Kier alpha value is -0.690.